The van der Waals surface area contributed by atoms with E-state index in [4.69, 9.17) is 0 Å². The third-order valence-electron chi connectivity index (χ3n) is 5.50. The minimum absolute atomic E-state index is 0. The molecule has 2 N–H and O–H groups in total. The van der Waals surface area contributed by atoms with Crippen LogP contribution in [0.5, 0.6) is 0 Å². The van der Waals surface area contributed by atoms with Crippen LogP contribution in [0.1, 0.15) is 25.3 Å². The summed E-state index contributed by atoms with van der Waals surface area (Å²) in [7, 11) is 0. The zero-order chi connectivity index (χ0) is 20.3. The summed E-state index contributed by atoms with van der Waals surface area (Å²) in [6.45, 7) is 2.23. The van der Waals surface area contributed by atoms with E-state index in [1.807, 2.05) is 12.1 Å². The molecule has 0 aliphatic heterocycles. The molecule has 0 radical (unpaired) electrons. The Labute approximate surface area is 188 Å². The van der Waals surface area contributed by atoms with Crippen molar-refractivity contribution in [2.45, 2.75) is 26.2 Å². The lowest BCUT2D eigenvalue weighted by molar-refractivity contribution is 0.795. The molecule has 0 atom stereocenters. The third-order valence-corrected chi connectivity index (χ3v) is 5.50. The highest BCUT2D eigenvalue weighted by Crippen LogP contribution is 2.34. The number of benzene rings is 3. The van der Waals surface area contributed by atoms with Gasteiger partial charge in [-0.1, -0.05) is 55.8 Å². The molecule has 5 heteroatoms. The van der Waals surface area contributed by atoms with Crippen molar-refractivity contribution in [1.29, 1.82) is 0 Å². The maximum absolute atomic E-state index is 4.53. The molecule has 0 aliphatic rings. The van der Waals surface area contributed by atoms with Crippen LogP contribution >= 0.6 is 12.4 Å². The van der Waals surface area contributed by atoms with Gasteiger partial charge < -0.3 is 10.3 Å². The summed E-state index contributed by atoms with van der Waals surface area (Å²) in [6.07, 6.45) is 5.19. The quantitative estimate of drug-likeness (QED) is 0.298. The monoisotopic (exact) mass is 428 g/mol. The van der Waals surface area contributed by atoms with Crippen LogP contribution in [0.2, 0.25) is 0 Å². The van der Waals surface area contributed by atoms with Crippen molar-refractivity contribution in [2.24, 2.45) is 0 Å². The van der Waals surface area contributed by atoms with Gasteiger partial charge in [-0.2, -0.15) is 0 Å². The normalized spacial score (nSPS) is 10.9. The van der Waals surface area contributed by atoms with Crippen molar-refractivity contribution < 1.29 is 0 Å². The Hall–Kier alpha value is -3.37. The fourth-order valence-electron chi connectivity index (χ4n) is 3.90. The molecule has 0 spiro atoms. The van der Waals surface area contributed by atoms with E-state index < -0.39 is 0 Å². The maximum atomic E-state index is 4.53. The van der Waals surface area contributed by atoms with E-state index >= 15 is 0 Å². The second-order valence-corrected chi connectivity index (χ2v) is 7.62. The molecule has 156 valence electrons. The number of pyridine rings is 1. The lowest BCUT2D eigenvalue weighted by Crippen LogP contribution is -1.96. The van der Waals surface area contributed by atoms with Gasteiger partial charge in [0.15, 0.2) is 0 Å². The van der Waals surface area contributed by atoms with Crippen molar-refractivity contribution in [1.82, 2.24) is 15.0 Å². The predicted molar refractivity (Wildman–Crippen MR) is 132 cm³/mol. The summed E-state index contributed by atoms with van der Waals surface area (Å²) in [5.41, 5.74) is 8.52. The molecular weight excluding hydrogens is 404 g/mol. The van der Waals surface area contributed by atoms with Crippen LogP contribution < -0.4 is 5.32 Å². The molecule has 31 heavy (non-hydrogen) atoms. The number of H-pyrrole nitrogens is 1. The molecule has 5 rings (SSSR count). The van der Waals surface area contributed by atoms with E-state index in [1.54, 1.807) is 6.33 Å². The Morgan fingerprint density at radius 1 is 0.903 bits per heavy atom. The molecule has 0 amide bonds. The SMILES string of the molecule is CCCCc1ccc(Nc2cc(-c3ccccc3)[nH]c3ccc4ncnc4c23)cc1.Cl. The highest BCUT2D eigenvalue weighted by Gasteiger charge is 2.12. The summed E-state index contributed by atoms with van der Waals surface area (Å²) < 4.78 is 0. The number of halogens is 1. The van der Waals surface area contributed by atoms with E-state index in [0.29, 0.717) is 0 Å². The molecular formula is C26H25ClN4. The molecule has 4 nitrogen and oxygen atoms in total. The minimum Gasteiger partial charge on any atom is -0.355 e. The number of hydrogen-bond donors (Lipinski definition) is 2. The van der Waals surface area contributed by atoms with Crippen LogP contribution in [0.4, 0.5) is 11.4 Å². The number of aromatic nitrogens is 3. The molecule has 0 fully saturated rings. The summed E-state index contributed by atoms with van der Waals surface area (Å²) in [5, 5.41) is 4.69. The summed E-state index contributed by atoms with van der Waals surface area (Å²) >= 11 is 0. The number of nitrogens with one attached hydrogen (secondary N) is 2. The summed E-state index contributed by atoms with van der Waals surface area (Å²) in [4.78, 5) is 12.5. The van der Waals surface area contributed by atoms with Crippen LogP contribution in [0, 0.1) is 0 Å². The van der Waals surface area contributed by atoms with E-state index in [9.17, 15) is 0 Å². The fraction of sp³-hybridized carbons (Fsp3) is 0.154. The Kier molecular flexibility index (Phi) is 6.19. The number of rotatable bonds is 6. The zero-order valence-corrected chi connectivity index (χ0v) is 18.2. The molecule has 5 aromatic rings. The van der Waals surface area contributed by atoms with Gasteiger partial charge >= 0.3 is 0 Å². The van der Waals surface area contributed by atoms with Crippen LogP contribution in [0.15, 0.2) is 79.1 Å². The van der Waals surface area contributed by atoms with Crippen LogP contribution in [0.3, 0.4) is 0 Å². The Morgan fingerprint density at radius 2 is 1.71 bits per heavy atom. The molecule has 0 saturated carbocycles. The first-order valence-electron chi connectivity index (χ1n) is 10.5. The van der Waals surface area contributed by atoms with Crippen LogP contribution in [0.25, 0.3) is 33.2 Å². The number of nitrogens with zero attached hydrogens (tertiary/aromatic N) is 2. The average molecular weight is 429 g/mol. The third kappa shape index (κ3) is 4.25. The molecule has 2 aromatic heterocycles. The van der Waals surface area contributed by atoms with Gasteiger partial charge in [0.1, 0.15) is 11.8 Å². The number of fused-ring (bicyclic) bond motifs is 3. The summed E-state index contributed by atoms with van der Waals surface area (Å²) in [5.74, 6) is 0. The highest BCUT2D eigenvalue weighted by molar-refractivity contribution is 6.10. The van der Waals surface area contributed by atoms with Gasteiger partial charge in [0.2, 0.25) is 0 Å². The molecule has 0 saturated heterocycles. The lowest BCUT2D eigenvalue weighted by Gasteiger charge is -2.14. The Bertz CT molecular complexity index is 1290. The lowest BCUT2D eigenvalue weighted by atomic mass is 10.1. The molecule has 3 aromatic carbocycles. The molecule has 2 heterocycles. The van der Waals surface area contributed by atoms with Crippen molar-refractivity contribution in [2.75, 3.05) is 5.32 Å². The van der Waals surface area contributed by atoms with Crippen molar-refractivity contribution in [3.05, 3.63) is 84.7 Å². The standard InChI is InChI=1S/C26H24N4.ClH/c1-2-3-7-18-10-12-20(13-11-18)29-24-16-23(19-8-5-4-6-9-19)30-21-14-15-22-26(25(21)24)28-17-27-22;/h4-6,8-17,29-30H,2-3,7H2,1H3;1H. The van der Waals surface area contributed by atoms with E-state index in [1.165, 1.54) is 18.4 Å². The van der Waals surface area contributed by atoms with Gasteiger partial charge in [-0.3, -0.25) is 0 Å². The van der Waals surface area contributed by atoms with Crippen LogP contribution in [-0.4, -0.2) is 15.0 Å². The largest absolute Gasteiger partial charge is 0.355 e. The van der Waals surface area contributed by atoms with Crippen molar-refractivity contribution >= 4 is 45.7 Å². The van der Waals surface area contributed by atoms with E-state index in [2.05, 4.69) is 87.9 Å². The first kappa shape index (κ1) is 20.9. The van der Waals surface area contributed by atoms with Gasteiger partial charge in [-0.15, -0.1) is 12.4 Å². The summed E-state index contributed by atoms with van der Waals surface area (Å²) in [6, 6.07) is 25.4. The zero-order valence-electron chi connectivity index (χ0n) is 17.4. The highest BCUT2D eigenvalue weighted by atomic mass is 35.5. The van der Waals surface area contributed by atoms with Gasteiger partial charge in [0, 0.05) is 16.8 Å². The van der Waals surface area contributed by atoms with Gasteiger partial charge in [0.05, 0.1) is 16.7 Å². The number of anilines is 2. The Balaban J connectivity index is 0.00000231. The number of unbranched alkanes of at least 4 members (excludes halogenated alkanes) is 1. The molecule has 0 aliphatic carbocycles. The first-order valence-corrected chi connectivity index (χ1v) is 10.5. The second kappa shape index (κ2) is 9.19. The van der Waals surface area contributed by atoms with Gasteiger partial charge in [-0.25, -0.2) is 9.97 Å². The van der Waals surface area contributed by atoms with E-state index in [0.717, 1.165) is 51.0 Å². The maximum Gasteiger partial charge on any atom is 0.116 e. The van der Waals surface area contributed by atoms with Crippen molar-refractivity contribution in [3.8, 4) is 11.3 Å². The first-order chi connectivity index (χ1) is 14.8. The van der Waals surface area contributed by atoms with Crippen LogP contribution in [-0.2, 0) is 6.42 Å². The molecule has 0 unspecified atom stereocenters. The van der Waals surface area contributed by atoms with Crippen molar-refractivity contribution in [3.63, 3.8) is 0 Å². The minimum atomic E-state index is 0. The number of aromatic amines is 1. The second-order valence-electron chi connectivity index (χ2n) is 7.62. The molecule has 0 bridgehead atoms. The topological polar surface area (TPSA) is 53.6 Å². The average Bonchev–Trinajstić information content (AvgIpc) is 3.28. The van der Waals surface area contributed by atoms with Gasteiger partial charge in [-0.05, 0) is 54.3 Å². The van der Waals surface area contributed by atoms with E-state index in [-0.39, 0.29) is 12.4 Å². The smallest absolute Gasteiger partial charge is 0.116 e. The number of aryl methyl sites for hydroxylation is 1. The Morgan fingerprint density at radius 3 is 2.48 bits per heavy atom. The number of hydrogen-bond acceptors (Lipinski definition) is 3. The van der Waals surface area contributed by atoms with Gasteiger partial charge in [0.25, 0.3) is 0 Å². The number of imidazole rings is 1. The fourth-order valence-corrected chi connectivity index (χ4v) is 3.90. The predicted octanol–water partition coefficient (Wildman–Crippen LogP) is 7.29.